The van der Waals surface area contributed by atoms with Crippen molar-refractivity contribution in [3.8, 4) is 5.69 Å². The molecule has 0 saturated heterocycles. The van der Waals surface area contributed by atoms with Gasteiger partial charge in [-0.2, -0.15) is 5.10 Å². The molecule has 0 unspecified atom stereocenters. The van der Waals surface area contributed by atoms with Gasteiger partial charge in [0.25, 0.3) is 0 Å². The Morgan fingerprint density at radius 3 is 2.56 bits per heavy atom. The fraction of sp³-hybridized carbons (Fsp3) is 0.200. The lowest BCUT2D eigenvalue weighted by Gasteiger charge is -2.09. The molecule has 0 aliphatic rings. The summed E-state index contributed by atoms with van der Waals surface area (Å²) in [7, 11) is 0. The van der Waals surface area contributed by atoms with Crippen LogP contribution in [0.3, 0.4) is 0 Å². The van der Waals surface area contributed by atoms with Crippen LogP contribution in [-0.4, -0.2) is 21.4 Å². The minimum absolute atomic E-state index is 0.0179. The van der Waals surface area contributed by atoms with E-state index in [-0.39, 0.29) is 5.91 Å². The van der Waals surface area contributed by atoms with E-state index in [0.29, 0.717) is 11.6 Å². The van der Waals surface area contributed by atoms with Crippen LogP contribution in [0, 0.1) is 13.8 Å². The molecular weight excluding hydrogens is 330 g/mol. The quantitative estimate of drug-likeness (QED) is 0.718. The molecule has 5 heteroatoms. The topological polar surface area (TPSA) is 46.9 Å². The number of nitrogens with zero attached hydrogens (tertiary/aromatic N) is 2. The van der Waals surface area contributed by atoms with E-state index in [1.807, 2.05) is 55.5 Å². The number of carbonyl (C=O) groups excluding carboxylic acids is 1. The normalized spacial score (nSPS) is 10.6. The lowest BCUT2D eigenvalue weighted by atomic mass is 10.1. The van der Waals surface area contributed by atoms with Crippen molar-refractivity contribution in [1.82, 2.24) is 9.78 Å². The zero-order valence-corrected chi connectivity index (χ0v) is 15.2. The van der Waals surface area contributed by atoms with Crippen LogP contribution in [-0.2, 0) is 10.5 Å². The maximum atomic E-state index is 12.3. The van der Waals surface area contributed by atoms with Gasteiger partial charge in [0.05, 0.1) is 17.1 Å². The van der Waals surface area contributed by atoms with Gasteiger partial charge in [0.1, 0.15) is 5.82 Å². The van der Waals surface area contributed by atoms with Crippen molar-refractivity contribution in [3.05, 3.63) is 77.5 Å². The van der Waals surface area contributed by atoms with E-state index in [9.17, 15) is 4.79 Å². The molecule has 0 saturated carbocycles. The van der Waals surface area contributed by atoms with E-state index in [4.69, 9.17) is 0 Å². The van der Waals surface area contributed by atoms with Crippen molar-refractivity contribution in [3.63, 3.8) is 0 Å². The van der Waals surface area contributed by atoms with Gasteiger partial charge in [-0.1, -0.05) is 42.5 Å². The Morgan fingerprint density at radius 2 is 1.80 bits per heavy atom. The minimum Gasteiger partial charge on any atom is -0.310 e. The molecule has 0 radical (unpaired) electrons. The van der Waals surface area contributed by atoms with E-state index >= 15 is 0 Å². The van der Waals surface area contributed by atoms with Gasteiger partial charge in [0.2, 0.25) is 5.91 Å². The molecular formula is C20H21N3OS. The second kappa shape index (κ2) is 8.03. The molecule has 128 valence electrons. The Kier molecular flexibility index (Phi) is 5.56. The highest BCUT2D eigenvalue weighted by atomic mass is 32.2. The molecule has 0 atom stereocenters. The number of nitrogens with one attached hydrogen (secondary N) is 1. The van der Waals surface area contributed by atoms with Crippen molar-refractivity contribution in [2.45, 2.75) is 19.6 Å². The number of anilines is 1. The number of benzene rings is 2. The highest BCUT2D eigenvalue weighted by Crippen LogP contribution is 2.19. The largest absolute Gasteiger partial charge is 0.310 e. The summed E-state index contributed by atoms with van der Waals surface area (Å²) >= 11 is 1.61. The van der Waals surface area contributed by atoms with Gasteiger partial charge in [-0.15, -0.1) is 11.8 Å². The summed E-state index contributed by atoms with van der Waals surface area (Å²) in [5.41, 5.74) is 4.32. The maximum Gasteiger partial charge on any atom is 0.235 e. The molecule has 1 aromatic heterocycles. The molecule has 4 nitrogen and oxygen atoms in total. The van der Waals surface area contributed by atoms with Gasteiger partial charge < -0.3 is 5.32 Å². The van der Waals surface area contributed by atoms with E-state index < -0.39 is 0 Å². The summed E-state index contributed by atoms with van der Waals surface area (Å²) in [5.74, 6) is 1.92. The van der Waals surface area contributed by atoms with Gasteiger partial charge in [0.15, 0.2) is 0 Å². The average Bonchev–Trinajstić information content (AvgIpc) is 2.97. The van der Waals surface area contributed by atoms with Crippen LogP contribution in [0.15, 0.2) is 60.7 Å². The van der Waals surface area contributed by atoms with Crippen molar-refractivity contribution in [1.29, 1.82) is 0 Å². The highest BCUT2D eigenvalue weighted by Gasteiger charge is 2.11. The van der Waals surface area contributed by atoms with Crippen molar-refractivity contribution >= 4 is 23.5 Å². The summed E-state index contributed by atoms with van der Waals surface area (Å²) < 4.78 is 1.76. The molecule has 0 bridgehead atoms. The first kappa shape index (κ1) is 17.3. The highest BCUT2D eigenvalue weighted by molar-refractivity contribution is 7.99. The summed E-state index contributed by atoms with van der Waals surface area (Å²) in [6.45, 7) is 4.01. The predicted octanol–water partition coefficient (Wildman–Crippen LogP) is 4.36. The molecule has 1 amide bonds. The van der Waals surface area contributed by atoms with E-state index in [0.717, 1.165) is 17.1 Å². The molecule has 1 N–H and O–H groups in total. The Bertz CT molecular complexity index is 858. The molecule has 0 spiro atoms. The zero-order chi connectivity index (χ0) is 17.6. The van der Waals surface area contributed by atoms with Crippen LogP contribution in [0.25, 0.3) is 5.69 Å². The predicted molar refractivity (Wildman–Crippen MR) is 104 cm³/mol. The number of amides is 1. The summed E-state index contributed by atoms with van der Waals surface area (Å²) in [5, 5.41) is 7.44. The SMILES string of the molecule is Cc1cc(NC(=O)CSCc2ccccc2C)n(-c2ccccc2)n1. The standard InChI is InChI=1S/C20H21N3OS/c1-15-8-6-7-9-17(15)13-25-14-20(24)21-19-12-16(2)22-23(19)18-10-4-3-5-11-18/h3-12H,13-14H2,1-2H3,(H,21,24). The first-order valence-electron chi connectivity index (χ1n) is 8.17. The van der Waals surface area contributed by atoms with Gasteiger partial charge in [0, 0.05) is 11.8 Å². The van der Waals surface area contributed by atoms with Crippen LogP contribution >= 0.6 is 11.8 Å². The Labute approximate surface area is 152 Å². The molecule has 0 fully saturated rings. The lowest BCUT2D eigenvalue weighted by molar-refractivity contribution is -0.113. The molecule has 3 aromatic rings. The number of hydrogen-bond donors (Lipinski definition) is 1. The molecule has 2 aromatic carbocycles. The molecule has 0 aliphatic heterocycles. The summed E-state index contributed by atoms with van der Waals surface area (Å²) in [4.78, 5) is 12.3. The number of thioether (sulfide) groups is 1. The molecule has 3 rings (SSSR count). The number of para-hydroxylation sites is 1. The van der Waals surface area contributed by atoms with Crippen LogP contribution < -0.4 is 5.32 Å². The third-order valence-electron chi connectivity index (χ3n) is 3.85. The van der Waals surface area contributed by atoms with E-state index in [2.05, 4.69) is 29.5 Å². The van der Waals surface area contributed by atoms with Gasteiger partial charge in [-0.25, -0.2) is 4.68 Å². The first-order valence-corrected chi connectivity index (χ1v) is 9.33. The Morgan fingerprint density at radius 1 is 1.08 bits per heavy atom. The fourth-order valence-corrected chi connectivity index (χ4v) is 3.46. The average molecular weight is 351 g/mol. The second-order valence-electron chi connectivity index (χ2n) is 5.89. The number of carbonyl (C=O) groups is 1. The number of aromatic nitrogens is 2. The van der Waals surface area contributed by atoms with E-state index in [1.54, 1.807) is 16.4 Å². The Hall–Kier alpha value is -2.53. The van der Waals surface area contributed by atoms with Crippen molar-refractivity contribution < 1.29 is 4.79 Å². The van der Waals surface area contributed by atoms with Gasteiger partial charge >= 0.3 is 0 Å². The maximum absolute atomic E-state index is 12.3. The van der Waals surface area contributed by atoms with Crippen LogP contribution in [0.4, 0.5) is 5.82 Å². The van der Waals surface area contributed by atoms with Gasteiger partial charge in [-0.05, 0) is 37.1 Å². The second-order valence-corrected chi connectivity index (χ2v) is 6.87. The van der Waals surface area contributed by atoms with Crippen molar-refractivity contribution in [2.75, 3.05) is 11.1 Å². The lowest BCUT2D eigenvalue weighted by Crippen LogP contribution is -2.17. The molecule has 0 aliphatic carbocycles. The summed E-state index contributed by atoms with van der Waals surface area (Å²) in [6.07, 6.45) is 0. The van der Waals surface area contributed by atoms with E-state index in [1.165, 1.54) is 11.1 Å². The smallest absolute Gasteiger partial charge is 0.235 e. The van der Waals surface area contributed by atoms with Gasteiger partial charge in [-0.3, -0.25) is 4.79 Å². The molecule has 25 heavy (non-hydrogen) atoms. The zero-order valence-electron chi connectivity index (χ0n) is 14.4. The first-order chi connectivity index (χ1) is 12.1. The fourth-order valence-electron chi connectivity index (χ4n) is 2.56. The van der Waals surface area contributed by atoms with Crippen LogP contribution in [0.1, 0.15) is 16.8 Å². The third kappa shape index (κ3) is 4.51. The number of aryl methyl sites for hydroxylation is 2. The Balaban J connectivity index is 1.61. The number of hydrogen-bond acceptors (Lipinski definition) is 3. The van der Waals surface area contributed by atoms with Crippen LogP contribution in [0.5, 0.6) is 0 Å². The molecule has 1 heterocycles. The monoisotopic (exact) mass is 351 g/mol. The van der Waals surface area contributed by atoms with Crippen molar-refractivity contribution in [2.24, 2.45) is 0 Å². The third-order valence-corrected chi connectivity index (χ3v) is 4.83. The van der Waals surface area contributed by atoms with Crippen LogP contribution in [0.2, 0.25) is 0 Å². The summed E-state index contributed by atoms with van der Waals surface area (Å²) in [6, 6.07) is 20.0. The minimum atomic E-state index is -0.0179. The number of rotatable bonds is 6.